The van der Waals surface area contributed by atoms with Crippen molar-refractivity contribution in [3.05, 3.63) is 74.9 Å². The molecule has 0 fully saturated rings. The molecule has 0 saturated heterocycles. The number of para-hydroxylation sites is 2. The smallest absolute Gasteiger partial charge is 0.344 e. The minimum atomic E-state index is -0.673. The van der Waals surface area contributed by atoms with Crippen LogP contribution in [0.15, 0.2) is 48.5 Å². The summed E-state index contributed by atoms with van der Waals surface area (Å²) in [6.07, 6.45) is 0. The van der Waals surface area contributed by atoms with Gasteiger partial charge in [0.25, 0.3) is 0 Å². The summed E-state index contributed by atoms with van der Waals surface area (Å²) in [4.78, 5) is 26.6. The Hall–Kier alpha value is -3.19. The van der Waals surface area contributed by atoms with Crippen molar-refractivity contribution in [1.82, 2.24) is 4.98 Å². The molecule has 0 unspecified atom stereocenters. The van der Waals surface area contributed by atoms with Gasteiger partial charge in [-0.2, -0.15) is 0 Å². The van der Waals surface area contributed by atoms with Crippen molar-refractivity contribution < 1.29 is 19.2 Å². The van der Waals surface area contributed by atoms with E-state index in [9.17, 15) is 14.9 Å². The fraction of sp³-hybridized carbons (Fsp3) is 0.158. The van der Waals surface area contributed by atoms with E-state index >= 15 is 0 Å². The first-order valence-corrected chi connectivity index (χ1v) is 8.39. The number of fused-ring (bicyclic) bond motifs is 1. The van der Waals surface area contributed by atoms with Crippen LogP contribution in [0.1, 0.15) is 11.1 Å². The maximum atomic E-state index is 11.9. The van der Waals surface area contributed by atoms with Gasteiger partial charge in [0.15, 0.2) is 12.4 Å². The first-order chi connectivity index (χ1) is 12.9. The van der Waals surface area contributed by atoms with Crippen molar-refractivity contribution in [2.24, 2.45) is 0 Å². The predicted octanol–water partition coefficient (Wildman–Crippen LogP) is 4.23. The second-order valence-corrected chi connectivity index (χ2v) is 6.17. The number of aromatic nitrogens is 1. The summed E-state index contributed by atoms with van der Waals surface area (Å²) in [5, 5.41) is 12.1. The number of benzene rings is 2. The number of hydrogen-bond acceptors (Lipinski definition) is 6. The summed E-state index contributed by atoms with van der Waals surface area (Å²) in [6.45, 7) is 1.43. The zero-order valence-electron chi connectivity index (χ0n) is 14.3. The Balaban J connectivity index is 1.63. The van der Waals surface area contributed by atoms with Gasteiger partial charge in [0.2, 0.25) is 0 Å². The van der Waals surface area contributed by atoms with Crippen molar-refractivity contribution in [2.45, 2.75) is 13.5 Å². The number of hydrogen-bond donors (Lipinski definition) is 0. The van der Waals surface area contributed by atoms with Crippen LogP contribution in [0.3, 0.4) is 0 Å². The van der Waals surface area contributed by atoms with Gasteiger partial charge in [-0.3, -0.25) is 10.1 Å². The Kier molecular flexibility index (Phi) is 5.52. The second-order valence-electron chi connectivity index (χ2n) is 5.81. The third-order valence-electron chi connectivity index (χ3n) is 3.80. The standard InChI is InChI=1S/C19H15ClN2O5/c1-12-6-7-13-9-14(19(20)21-15(13)8-12)10-27-18(23)11-26-17-5-3-2-4-16(17)22(24)25/h2-9H,10-11H2,1H3. The summed E-state index contributed by atoms with van der Waals surface area (Å²) in [5.74, 6) is -0.673. The fourth-order valence-corrected chi connectivity index (χ4v) is 2.67. The van der Waals surface area contributed by atoms with E-state index in [0.29, 0.717) is 5.56 Å². The molecule has 8 heteroatoms. The number of nitro benzene ring substituents is 1. The quantitative estimate of drug-likeness (QED) is 0.272. The van der Waals surface area contributed by atoms with E-state index in [2.05, 4.69) is 4.98 Å². The zero-order chi connectivity index (χ0) is 19.4. The van der Waals surface area contributed by atoms with Crippen LogP contribution >= 0.6 is 11.6 Å². The molecule has 0 radical (unpaired) electrons. The van der Waals surface area contributed by atoms with E-state index in [4.69, 9.17) is 21.1 Å². The molecule has 0 atom stereocenters. The molecule has 138 valence electrons. The summed E-state index contributed by atoms with van der Waals surface area (Å²) in [7, 11) is 0. The van der Waals surface area contributed by atoms with E-state index in [1.54, 1.807) is 12.1 Å². The Labute approximate surface area is 159 Å². The lowest BCUT2D eigenvalue weighted by atomic mass is 10.1. The molecule has 3 rings (SSSR count). The molecule has 0 spiro atoms. The molecule has 7 nitrogen and oxygen atoms in total. The first kappa shape index (κ1) is 18.6. The van der Waals surface area contributed by atoms with Gasteiger partial charge in [-0.15, -0.1) is 0 Å². The Morgan fingerprint density at radius 2 is 2.00 bits per heavy atom. The highest BCUT2D eigenvalue weighted by Crippen LogP contribution is 2.26. The number of ether oxygens (including phenoxy) is 2. The van der Waals surface area contributed by atoms with Gasteiger partial charge in [0, 0.05) is 17.0 Å². The summed E-state index contributed by atoms with van der Waals surface area (Å²) < 4.78 is 10.3. The molecule has 0 aliphatic carbocycles. The van der Waals surface area contributed by atoms with Gasteiger partial charge in [-0.05, 0) is 30.7 Å². The summed E-state index contributed by atoms with van der Waals surface area (Å²) >= 11 is 6.16. The number of aryl methyl sites for hydroxylation is 1. The number of esters is 1. The van der Waals surface area contributed by atoms with Crippen LogP contribution in [0.2, 0.25) is 5.15 Å². The normalized spacial score (nSPS) is 10.6. The molecule has 0 aliphatic heterocycles. The summed E-state index contributed by atoms with van der Waals surface area (Å²) in [6, 6.07) is 13.4. The fourth-order valence-electron chi connectivity index (χ4n) is 2.47. The van der Waals surface area contributed by atoms with Crippen LogP contribution in [0.5, 0.6) is 5.75 Å². The minimum Gasteiger partial charge on any atom is -0.475 e. The van der Waals surface area contributed by atoms with Gasteiger partial charge in [0.05, 0.1) is 10.4 Å². The molecule has 0 aliphatic rings. The molecule has 0 amide bonds. The van der Waals surface area contributed by atoms with E-state index in [0.717, 1.165) is 16.5 Å². The number of rotatable bonds is 6. The van der Waals surface area contributed by atoms with Crippen LogP contribution in [0, 0.1) is 17.0 Å². The highest BCUT2D eigenvalue weighted by atomic mass is 35.5. The maximum Gasteiger partial charge on any atom is 0.344 e. The van der Waals surface area contributed by atoms with Crippen LogP contribution in [-0.2, 0) is 16.1 Å². The largest absolute Gasteiger partial charge is 0.475 e. The molecule has 2 aromatic carbocycles. The number of carbonyl (C=O) groups is 1. The van der Waals surface area contributed by atoms with Gasteiger partial charge < -0.3 is 9.47 Å². The van der Waals surface area contributed by atoms with Gasteiger partial charge >= 0.3 is 11.7 Å². The van der Waals surface area contributed by atoms with Crippen LogP contribution in [0.4, 0.5) is 5.69 Å². The molecular formula is C19H15ClN2O5. The van der Waals surface area contributed by atoms with Crippen molar-refractivity contribution in [3.63, 3.8) is 0 Å². The molecule has 0 N–H and O–H groups in total. The third kappa shape index (κ3) is 4.51. The number of nitrogens with zero attached hydrogens (tertiary/aromatic N) is 2. The first-order valence-electron chi connectivity index (χ1n) is 8.01. The number of pyridine rings is 1. The molecule has 27 heavy (non-hydrogen) atoms. The second kappa shape index (κ2) is 8.01. The van der Waals surface area contributed by atoms with Crippen LogP contribution in [0.25, 0.3) is 10.9 Å². The molecule has 1 heterocycles. The van der Waals surface area contributed by atoms with Crippen molar-refractivity contribution in [1.29, 1.82) is 0 Å². The molecule has 0 saturated carbocycles. The topological polar surface area (TPSA) is 91.6 Å². The van der Waals surface area contributed by atoms with Gasteiger partial charge in [-0.25, -0.2) is 9.78 Å². The summed E-state index contributed by atoms with van der Waals surface area (Å²) in [5.41, 5.74) is 2.17. The van der Waals surface area contributed by atoms with E-state index < -0.39 is 17.5 Å². The van der Waals surface area contributed by atoms with E-state index in [1.165, 1.54) is 18.2 Å². The lowest BCUT2D eigenvalue weighted by Crippen LogP contribution is -2.15. The minimum absolute atomic E-state index is 0.000207. The number of halogens is 1. The third-order valence-corrected chi connectivity index (χ3v) is 4.12. The molecule has 0 bridgehead atoms. The molecular weight excluding hydrogens is 372 g/mol. The molecule has 1 aromatic heterocycles. The number of carbonyl (C=O) groups excluding carboxylic acids is 1. The average molecular weight is 387 g/mol. The highest BCUT2D eigenvalue weighted by molar-refractivity contribution is 6.30. The monoisotopic (exact) mass is 386 g/mol. The lowest BCUT2D eigenvalue weighted by molar-refractivity contribution is -0.385. The van der Waals surface area contributed by atoms with Gasteiger partial charge in [-0.1, -0.05) is 35.9 Å². The van der Waals surface area contributed by atoms with E-state index in [-0.39, 0.29) is 23.2 Å². The Morgan fingerprint density at radius 3 is 2.78 bits per heavy atom. The van der Waals surface area contributed by atoms with Crippen LogP contribution < -0.4 is 4.74 Å². The van der Waals surface area contributed by atoms with Crippen LogP contribution in [-0.4, -0.2) is 22.5 Å². The number of nitro groups is 1. The van der Waals surface area contributed by atoms with Crippen molar-refractivity contribution >= 4 is 34.2 Å². The van der Waals surface area contributed by atoms with E-state index in [1.807, 2.05) is 25.1 Å². The lowest BCUT2D eigenvalue weighted by Gasteiger charge is -2.09. The molecule has 3 aromatic rings. The average Bonchev–Trinajstić information content (AvgIpc) is 2.64. The van der Waals surface area contributed by atoms with Crippen molar-refractivity contribution in [2.75, 3.05) is 6.61 Å². The van der Waals surface area contributed by atoms with Crippen molar-refractivity contribution in [3.8, 4) is 5.75 Å². The SMILES string of the molecule is Cc1ccc2cc(COC(=O)COc3ccccc3[N+](=O)[O-])c(Cl)nc2c1. The Bertz CT molecular complexity index is 1020. The Morgan fingerprint density at radius 1 is 1.22 bits per heavy atom. The predicted molar refractivity (Wildman–Crippen MR) is 99.9 cm³/mol. The zero-order valence-corrected chi connectivity index (χ0v) is 15.1. The maximum absolute atomic E-state index is 11.9. The van der Waals surface area contributed by atoms with Gasteiger partial charge in [0.1, 0.15) is 11.8 Å². The highest BCUT2D eigenvalue weighted by Gasteiger charge is 2.16.